The van der Waals surface area contributed by atoms with Crippen molar-refractivity contribution >= 4 is 50.4 Å². The summed E-state index contributed by atoms with van der Waals surface area (Å²) >= 11 is 1.82. The Hall–Kier alpha value is -3.55. The van der Waals surface area contributed by atoms with Crippen LogP contribution >= 0.6 is 22.9 Å². The zero-order chi connectivity index (χ0) is 30.9. The fraction of sp³-hybridized carbons (Fsp3) is 0.367. The van der Waals surface area contributed by atoms with Crippen LogP contribution in [-0.4, -0.2) is 73.7 Å². The van der Waals surface area contributed by atoms with E-state index in [2.05, 4.69) is 26.2 Å². The lowest BCUT2D eigenvalue weighted by Crippen LogP contribution is -2.59. The van der Waals surface area contributed by atoms with Gasteiger partial charge < -0.3 is 20.1 Å². The van der Waals surface area contributed by atoms with Crippen molar-refractivity contribution in [2.75, 3.05) is 31.1 Å². The number of nitrogens with zero attached hydrogens (tertiary/aromatic N) is 5. The zero-order valence-electron chi connectivity index (χ0n) is 22.9. The van der Waals surface area contributed by atoms with Gasteiger partial charge in [0.25, 0.3) is 0 Å². The number of nitrogens with one attached hydrogen (secondary N) is 1. The lowest BCUT2D eigenvalue weighted by Gasteiger charge is -2.44. The number of ether oxygens (including phenoxy) is 1. The van der Waals surface area contributed by atoms with Gasteiger partial charge in [0.2, 0.25) is 0 Å². The molecular formula is C30H24F5IN6O2. The molecule has 2 unspecified atom stereocenters. The van der Waals surface area contributed by atoms with Crippen molar-refractivity contribution in [2.24, 2.45) is 5.92 Å². The number of aromatic nitrogens is 3. The minimum atomic E-state index is -4.39. The van der Waals surface area contributed by atoms with Gasteiger partial charge in [0.05, 0.1) is 22.9 Å². The number of aromatic hydroxyl groups is 1. The van der Waals surface area contributed by atoms with Crippen molar-refractivity contribution in [3.63, 3.8) is 0 Å². The molecule has 0 amide bonds. The fourth-order valence-corrected chi connectivity index (χ4v) is 7.39. The summed E-state index contributed by atoms with van der Waals surface area (Å²) < 4.78 is 79.0. The van der Waals surface area contributed by atoms with Gasteiger partial charge in [0.15, 0.2) is 5.82 Å². The maximum Gasteiger partial charge on any atom is 0.394 e. The first-order valence-electron chi connectivity index (χ1n) is 13.9. The summed E-state index contributed by atoms with van der Waals surface area (Å²) in [5.74, 6) is -0.721. The molecule has 2 N–H and O–H groups in total. The summed E-state index contributed by atoms with van der Waals surface area (Å²) in [5, 5.41) is 14.8. The van der Waals surface area contributed by atoms with Crippen LogP contribution in [0.1, 0.15) is 18.4 Å². The van der Waals surface area contributed by atoms with E-state index >= 15 is 4.39 Å². The molecule has 2 aromatic carbocycles. The van der Waals surface area contributed by atoms with E-state index in [-0.39, 0.29) is 70.1 Å². The summed E-state index contributed by atoms with van der Waals surface area (Å²) in [4.78, 5) is 15.2. The van der Waals surface area contributed by atoms with E-state index in [4.69, 9.17) is 11.2 Å². The number of pyridine rings is 1. The molecule has 0 saturated carbocycles. The first-order valence-corrected chi connectivity index (χ1v) is 14.9. The molecule has 228 valence electrons. The highest BCUT2D eigenvalue weighted by Crippen LogP contribution is 2.42. The molecule has 14 heteroatoms. The van der Waals surface area contributed by atoms with E-state index in [0.29, 0.717) is 24.3 Å². The third-order valence-corrected chi connectivity index (χ3v) is 9.72. The Balaban J connectivity index is 1.36. The second kappa shape index (κ2) is 10.8. The number of piperazine rings is 1. The number of anilines is 1. The number of hydrogen-bond acceptors (Lipinski definition) is 8. The van der Waals surface area contributed by atoms with Crippen LogP contribution < -0.4 is 15.0 Å². The Bertz CT molecular complexity index is 1840. The normalized spacial score (nSPS) is 23.6. The van der Waals surface area contributed by atoms with Gasteiger partial charge in [-0.15, -0.1) is 6.42 Å². The van der Waals surface area contributed by atoms with Gasteiger partial charge >= 0.3 is 12.2 Å². The largest absolute Gasteiger partial charge is 0.508 e. The summed E-state index contributed by atoms with van der Waals surface area (Å²) in [6, 6.07) is 4.38. The highest BCUT2D eigenvalue weighted by atomic mass is 127. The Morgan fingerprint density at radius 2 is 1.86 bits per heavy atom. The van der Waals surface area contributed by atoms with Gasteiger partial charge in [-0.2, -0.15) is 23.1 Å². The molecule has 4 atom stereocenters. The number of alkyl halides is 3. The van der Waals surface area contributed by atoms with Gasteiger partial charge in [0, 0.05) is 71.7 Å². The molecule has 0 radical (unpaired) electrons. The Morgan fingerprint density at radius 3 is 2.55 bits per heavy atom. The van der Waals surface area contributed by atoms with E-state index in [1.54, 1.807) is 0 Å². The highest BCUT2D eigenvalue weighted by molar-refractivity contribution is 14.1. The SMILES string of the molecule is C#Cc1c(F)ccc2cc(O)cc(-c3ncc4c(N5CC6CCC(C5)N6)nc(OC[C@@H]5[C@H](C(F)(F)F)CN5I)nc4c3F)c12. The van der Waals surface area contributed by atoms with E-state index < -0.39 is 29.8 Å². The minimum Gasteiger partial charge on any atom is -0.508 e. The lowest BCUT2D eigenvalue weighted by atomic mass is 9.92. The minimum absolute atomic E-state index is 0.0535. The number of halogens is 6. The molecule has 2 bridgehead atoms. The summed E-state index contributed by atoms with van der Waals surface area (Å²) in [6.45, 7) is 0.640. The molecule has 7 rings (SSSR count). The second-order valence-corrected chi connectivity index (χ2v) is 12.6. The number of fused-ring (bicyclic) bond motifs is 4. The molecule has 3 aliphatic heterocycles. The molecule has 0 spiro atoms. The van der Waals surface area contributed by atoms with Crippen molar-refractivity contribution in [2.45, 2.75) is 37.1 Å². The zero-order valence-corrected chi connectivity index (χ0v) is 25.0. The van der Waals surface area contributed by atoms with Crippen LogP contribution in [-0.2, 0) is 0 Å². The van der Waals surface area contributed by atoms with Crippen molar-refractivity contribution in [3.05, 3.63) is 47.7 Å². The maximum atomic E-state index is 16.6. The maximum absolute atomic E-state index is 16.6. The molecule has 4 aromatic rings. The molecule has 2 aromatic heterocycles. The number of benzene rings is 2. The molecule has 8 nitrogen and oxygen atoms in total. The molecular weight excluding hydrogens is 698 g/mol. The number of hydrogen-bond donors (Lipinski definition) is 2. The summed E-state index contributed by atoms with van der Waals surface area (Å²) in [6.07, 6.45) is 4.56. The van der Waals surface area contributed by atoms with Crippen LogP contribution in [0, 0.1) is 29.9 Å². The average molecular weight is 722 g/mol. The highest BCUT2D eigenvalue weighted by Gasteiger charge is 2.54. The topological polar surface area (TPSA) is 86.6 Å². The quantitative estimate of drug-likeness (QED) is 0.124. The monoisotopic (exact) mass is 722 g/mol. The molecule has 5 heterocycles. The predicted octanol–water partition coefficient (Wildman–Crippen LogP) is 5.34. The van der Waals surface area contributed by atoms with E-state index in [9.17, 15) is 22.7 Å². The van der Waals surface area contributed by atoms with Gasteiger partial charge in [-0.3, -0.25) is 4.98 Å². The van der Waals surface area contributed by atoms with Crippen molar-refractivity contribution in [1.29, 1.82) is 0 Å². The summed E-state index contributed by atoms with van der Waals surface area (Å²) in [7, 11) is 0. The fourth-order valence-electron chi connectivity index (χ4n) is 6.42. The van der Waals surface area contributed by atoms with Gasteiger partial charge in [-0.05, 0) is 36.4 Å². The van der Waals surface area contributed by atoms with Crippen LogP contribution in [0.4, 0.5) is 27.8 Å². The standard InChI is InChI=1S/C30H24F5IN6O2/c1-2-18-22(31)6-3-14-7-17(43)8-19(24(14)18)26-25(32)27-20(9-37-26)28(41-10-15-4-5-16(11-41)38-15)40-29(39-27)44-13-23-21(12-42(23)36)30(33,34)35/h1,3,6-9,15-16,21,23,38,43H,4-5,10-13H2/t15?,16?,21-,23-/m1/s1. The lowest BCUT2D eigenvalue weighted by molar-refractivity contribution is -0.215. The number of rotatable bonds is 5. The molecule has 3 aliphatic rings. The first kappa shape index (κ1) is 29.2. The van der Waals surface area contributed by atoms with Crippen LogP contribution in [0.2, 0.25) is 0 Å². The molecule has 3 fully saturated rings. The van der Waals surface area contributed by atoms with E-state index in [1.807, 2.05) is 27.8 Å². The van der Waals surface area contributed by atoms with Crippen LogP contribution in [0.15, 0.2) is 30.5 Å². The van der Waals surface area contributed by atoms with Gasteiger partial charge in [0.1, 0.15) is 35.2 Å². The van der Waals surface area contributed by atoms with Gasteiger partial charge in [-0.1, -0.05) is 12.0 Å². The van der Waals surface area contributed by atoms with Crippen molar-refractivity contribution in [1.82, 2.24) is 23.4 Å². The molecule has 3 saturated heterocycles. The molecule has 44 heavy (non-hydrogen) atoms. The van der Waals surface area contributed by atoms with Crippen molar-refractivity contribution in [3.8, 4) is 35.4 Å². The Labute approximate surface area is 262 Å². The third kappa shape index (κ3) is 4.94. The van der Waals surface area contributed by atoms with E-state index in [1.165, 1.54) is 27.5 Å². The number of phenolic OH excluding ortho intramolecular Hbond substituents is 1. The summed E-state index contributed by atoms with van der Waals surface area (Å²) in [5.41, 5.74) is -0.488. The van der Waals surface area contributed by atoms with E-state index in [0.717, 1.165) is 18.9 Å². The predicted molar refractivity (Wildman–Crippen MR) is 162 cm³/mol. The Morgan fingerprint density at radius 1 is 1.11 bits per heavy atom. The van der Waals surface area contributed by atoms with Crippen molar-refractivity contribution < 1.29 is 31.8 Å². The molecule has 0 aliphatic carbocycles. The van der Waals surface area contributed by atoms with Gasteiger partial charge in [-0.25, -0.2) is 11.9 Å². The first-order chi connectivity index (χ1) is 21.0. The third-order valence-electron chi connectivity index (χ3n) is 8.61. The van der Waals surface area contributed by atoms with Crippen LogP contribution in [0.5, 0.6) is 11.8 Å². The average Bonchev–Trinajstić information content (AvgIpc) is 3.32. The Kier molecular flexibility index (Phi) is 7.17. The number of terminal acetylenes is 1. The van der Waals surface area contributed by atoms with Crippen LogP contribution in [0.3, 0.4) is 0 Å². The van der Waals surface area contributed by atoms with Crippen LogP contribution in [0.25, 0.3) is 32.9 Å². The second-order valence-electron chi connectivity index (χ2n) is 11.3. The number of phenols is 1. The smallest absolute Gasteiger partial charge is 0.394 e.